The zero-order valence-corrected chi connectivity index (χ0v) is 20.0. The van der Waals surface area contributed by atoms with Gasteiger partial charge in [-0.2, -0.15) is 0 Å². The number of nitrogens with zero attached hydrogens (tertiary/aromatic N) is 5. The second-order valence-electron chi connectivity index (χ2n) is 7.96. The van der Waals surface area contributed by atoms with E-state index in [9.17, 15) is 14.9 Å². The summed E-state index contributed by atoms with van der Waals surface area (Å²) in [5.41, 5.74) is 3.40. The Morgan fingerprint density at radius 1 is 1.00 bits per heavy atom. The summed E-state index contributed by atoms with van der Waals surface area (Å²) >= 11 is 1.22. The number of aryl methyl sites for hydroxylation is 1. The predicted molar refractivity (Wildman–Crippen MR) is 139 cm³/mol. The lowest BCUT2D eigenvalue weighted by molar-refractivity contribution is -0.384. The van der Waals surface area contributed by atoms with E-state index in [1.807, 2.05) is 71.3 Å². The summed E-state index contributed by atoms with van der Waals surface area (Å²) < 4.78 is 1.87. The van der Waals surface area contributed by atoms with Crippen LogP contribution in [0.3, 0.4) is 0 Å². The van der Waals surface area contributed by atoms with Gasteiger partial charge in [0.15, 0.2) is 11.0 Å². The number of fused-ring (bicyclic) bond motifs is 1. The molecule has 178 valence electrons. The van der Waals surface area contributed by atoms with E-state index < -0.39 is 4.92 Å². The molecule has 2 aromatic heterocycles. The minimum atomic E-state index is -0.492. The van der Waals surface area contributed by atoms with Crippen molar-refractivity contribution in [2.45, 2.75) is 12.1 Å². The van der Waals surface area contributed by atoms with Gasteiger partial charge < -0.3 is 5.32 Å². The number of carbonyl (C=O) groups is 1. The monoisotopic (exact) mass is 496 g/mol. The lowest BCUT2D eigenvalue weighted by atomic mass is 10.2. The van der Waals surface area contributed by atoms with Gasteiger partial charge in [0.05, 0.1) is 21.9 Å². The molecule has 0 spiro atoms. The number of hydrogen-bond donors (Lipinski definition) is 1. The Bertz CT molecular complexity index is 1590. The van der Waals surface area contributed by atoms with Crippen molar-refractivity contribution in [1.29, 1.82) is 0 Å². The highest BCUT2D eigenvalue weighted by Crippen LogP contribution is 2.29. The van der Waals surface area contributed by atoms with E-state index in [0.29, 0.717) is 22.4 Å². The van der Waals surface area contributed by atoms with E-state index in [1.165, 1.54) is 23.9 Å². The van der Waals surface area contributed by atoms with Crippen LogP contribution in [0.1, 0.15) is 5.56 Å². The van der Waals surface area contributed by atoms with E-state index >= 15 is 0 Å². The molecule has 1 N–H and O–H groups in total. The number of non-ortho nitro benzene ring substituents is 1. The van der Waals surface area contributed by atoms with E-state index in [2.05, 4.69) is 15.5 Å². The molecule has 0 fully saturated rings. The van der Waals surface area contributed by atoms with Crippen molar-refractivity contribution in [2.24, 2.45) is 0 Å². The number of pyridine rings is 1. The molecule has 0 aliphatic heterocycles. The minimum absolute atomic E-state index is 0.0399. The largest absolute Gasteiger partial charge is 0.325 e. The van der Waals surface area contributed by atoms with Crippen molar-refractivity contribution < 1.29 is 9.72 Å². The Morgan fingerprint density at radius 3 is 2.58 bits per heavy atom. The molecule has 2 heterocycles. The van der Waals surface area contributed by atoms with Gasteiger partial charge in [-0.15, -0.1) is 10.2 Å². The zero-order valence-electron chi connectivity index (χ0n) is 19.2. The number of carbonyl (C=O) groups excluding carboxylic acids is 1. The van der Waals surface area contributed by atoms with Crippen molar-refractivity contribution in [1.82, 2.24) is 19.7 Å². The third-order valence-corrected chi connectivity index (χ3v) is 6.44. The molecule has 0 saturated heterocycles. The normalized spacial score (nSPS) is 10.9. The Labute approximate surface area is 210 Å². The summed E-state index contributed by atoms with van der Waals surface area (Å²) in [6.45, 7) is 1.78. The average molecular weight is 497 g/mol. The molecule has 0 aliphatic rings. The van der Waals surface area contributed by atoms with Crippen LogP contribution in [0, 0.1) is 17.0 Å². The van der Waals surface area contributed by atoms with Crippen LogP contribution >= 0.6 is 11.8 Å². The number of benzene rings is 3. The van der Waals surface area contributed by atoms with Crippen LogP contribution in [0.5, 0.6) is 0 Å². The quantitative estimate of drug-likeness (QED) is 0.181. The number of para-hydroxylation sites is 2. The number of rotatable bonds is 7. The number of amides is 1. The van der Waals surface area contributed by atoms with Gasteiger partial charge in [-0.25, -0.2) is 4.98 Å². The number of nitro benzene ring substituents is 1. The molecule has 0 radical (unpaired) electrons. The number of nitro groups is 1. The van der Waals surface area contributed by atoms with Crippen molar-refractivity contribution in [2.75, 3.05) is 11.1 Å². The number of thioether (sulfide) groups is 1. The molecule has 36 heavy (non-hydrogen) atoms. The topological polar surface area (TPSA) is 116 Å². The molecule has 5 aromatic rings. The van der Waals surface area contributed by atoms with Gasteiger partial charge in [0.25, 0.3) is 5.69 Å². The maximum absolute atomic E-state index is 12.7. The minimum Gasteiger partial charge on any atom is -0.325 e. The first-order chi connectivity index (χ1) is 17.5. The average Bonchev–Trinajstić information content (AvgIpc) is 3.33. The van der Waals surface area contributed by atoms with Crippen LogP contribution in [0.2, 0.25) is 0 Å². The highest BCUT2D eigenvalue weighted by atomic mass is 32.2. The molecular formula is C26H20N6O3S. The Kier molecular flexibility index (Phi) is 6.42. The van der Waals surface area contributed by atoms with Crippen LogP contribution in [-0.4, -0.2) is 36.3 Å². The van der Waals surface area contributed by atoms with Crippen molar-refractivity contribution in [3.05, 3.63) is 101 Å². The van der Waals surface area contributed by atoms with E-state index in [4.69, 9.17) is 4.98 Å². The predicted octanol–water partition coefficient (Wildman–Crippen LogP) is 5.43. The molecule has 3 aromatic carbocycles. The third-order valence-electron chi connectivity index (χ3n) is 5.51. The second-order valence-corrected chi connectivity index (χ2v) is 8.90. The molecule has 1 amide bonds. The van der Waals surface area contributed by atoms with Crippen LogP contribution in [0.25, 0.3) is 28.1 Å². The smallest absolute Gasteiger partial charge is 0.271 e. The van der Waals surface area contributed by atoms with Crippen LogP contribution in [0.15, 0.2) is 90.1 Å². The Balaban J connectivity index is 1.43. The molecule has 0 unspecified atom stereocenters. The Morgan fingerprint density at radius 2 is 1.78 bits per heavy atom. The summed E-state index contributed by atoms with van der Waals surface area (Å²) in [5.74, 6) is 0.291. The standard InChI is InChI=1S/C26H20N6O3S/c1-17-11-13-20(32(34)35)15-23(17)28-24(33)16-36-26-30-29-25(31(26)19-8-3-2-4-9-19)22-14-12-18-7-5-6-10-21(18)27-22/h2-15H,16H2,1H3,(H,28,33). The van der Waals surface area contributed by atoms with Crippen LogP contribution in [0.4, 0.5) is 11.4 Å². The van der Waals surface area contributed by atoms with Gasteiger partial charge >= 0.3 is 0 Å². The first-order valence-electron chi connectivity index (χ1n) is 11.0. The van der Waals surface area contributed by atoms with Gasteiger partial charge in [-0.05, 0) is 36.8 Å². The van der Waals surface area contributed by atoms with Crippen LogP contribution < -0.4 is 5.32 Å². The van der Waals surface area contributed by atoms with Gasteiger partial charge in [0, 0.05) is 23.2 Å². The SMILES string of the molecule is Cc1ccc([N+](=O)[O-])cc1NC(=O)CSc1nnc(-c2ccc3ccccc3n2)n1-c1ccccc1. The first kappa shape index (κ1) is 23.2. The fraction of sp³-hybridized carbons (Fsp3) is 0.0769. The van der Waals surface area contributed by atoms with Gasteiger partial charge in [-0.1, -0.05) is 60.3 Å². The highest BCUT2D eigenvalue weighted by molar-refractivity contribution is 7.99. The zero-order chi connectivity index (χ0) is 25.1. The van der Waals surface area contributed by atoms with Gasteiger partial charge in [-0.3, -0.25) is 19.5 Å². The molecular weight excluding hydrogens is 476 g/mol. The number of aromatic nitrogens is 4. The Hall–Kier alpha value is -4.57. The lowest BCUT2D eigenvalue weighted by Gasteiger charge is -2.11. The summed E-state index contributed by atoms with van der Waals surface area (Å²) in [5, 5.41) is 24.1. The number of hydrogen-bond acceptors (Lipinski definition) is 7. The molecule has 5 rings (SSSR count). The van der Waals surface area contributed by atoms with Crippen LogP contribution in [-0.2, 0) is 4.79 Å². The summed E-state index contributed by atoms with van der Waals surface area (Å²) in [7, 11) is 0. The molecule has 0 aliphatic carbocycles. The van der Waals surface area contributed by atoms with Gasteiger partial charge in [0.2, 0.25) is 5.91 Å². The third kappa shape index (κ3) is 4.80. The number of nitrogens with one attached hydrogen (secondary N) is 1. The molecule has 10 heteroatoms. The summed E-state index contributed by atoms with van der Waals surface area (Å²) in [6.07, 6.45) is 0. The fourth-order valence-electron chi connectivity index (χ4n) is 3.70. The highest BCUT2D eigenvalue weighted by Gasteiger charge is 2.19. The van der Waals surface area contributed by atoms with Crippen molar-refractivity contribution >= 4 is 39.9 Å². The van der Waals surface area contributed by atoms with E-state index in [-0.39, 0.29) is 17.3 Å². The van der Waals surface area contributed by atoms with Crippen molar-refractivity contribution in [3.63, 3.8) is 0 Å². The van der Waals surface area contributed by atoms with E-state index in [1.54, 1.807) is 13.0 Å². The van der Waals surface area contributed by atoms with Gasteiger partial charge in [0.1, 0.15) is 5.69 Å². The van der Waals surface area contributed by atoms with E-state index in [0.717, 1.165) is 22.2 Å². The molecule has 0 atom stereocenters. The first-order valence-corrected chi connectivity index (χ1v) is 12.0. The summed E-state index contributed by atoms with van der Waals surface area (Å²) in [4.78, 5) is 28.1. The lowest BCUT2D eigenvalue weighted by Crippen LogP contribution is -2.15. The number of anilines is 1. The second kappa shape index (κ2) is 9.96. The fourth-order valence-corrected chi connectivity index (χ4v) is 4.46. The maximum atomic E-state index is 12.7. The summed E-state index contributed by atoms with van der Waals surface area (Å²) in [6, 6.07) is 25.7. The van der Waals surface area contributed by atoms with Crippen molar-refractivity contribution in [3.8, 4) is 17.2 Å². The molecule has 0 bridgehead atoms. The molecule has 0 saturated carbocycles. The maximum Gasteiger partial charge on any atom is 0.271 e. The molecule has 9 nitrogen and oxygen atoms in total.